The standard InChI is InChI=1S/C19H19N3O5S/c1-12(23)22-28(26,27)16-8-6-15(7-9-16)20-19(25)14-5-10-17-13(11-14)3-2-4-18(24)21-17/h5-11H,2-4H2,1H3,(H,20,25)(H,21,24)(H,22,23). The van der Waals surface area contributed by atoms with Crippen molar-refractivity contribution in [1.29, 1.82) is 0 Å². The summed E-state index contributed by atoms with van der Waals surface area (Å²) in [5, 5.41) is 5.51. The molecule has 2 aromatic rings. The molecule has 1 aliphatic rings. The number of fused-ring (bicyclic) bond motifs is 1. The minimum Gasteiger partial charge on any atom is -0.326 e. The molecule has 0 atom stereocenters. The second-order valence-electron chi connectivity index (χ2n) is 6.41. The van der Waals surface area contributed by atoms with Crippen molar-refractivity contribution >= 4 is 39.1 Å². The van der Waals surface area contributed by atoms with Crippen LogP contribution in [0.3, 0.4) is 0 Å². The normalized spacial score (nSPS) is 13.7. The van der Waals surface area contributed by atoms with E-state index in [1.807, 2.05) is 4.72 Å². The molecule has 28 heavy (non-hydrogen) atoms. The van der Waals surface area contributed by atoms with Crippen molar-refractivity contribution in [1.82, 2.24) is 4.72 Å². The molecule has 3 N–H and O–H groups in total. The number of hydrogen-bond acceptors (Lipinski definition) is 5. The van der Waals surface area contributed by atoms with E-state index in [1.54, 1.807) is 18.2 Å². The van der Waals surface area contributed by atoms with Gasteiger partial charge >= 0.3 is 0 Å². The molecular formula is C19H19N3O5S. The first-order valence-corrected chi connectivity index (χ1v) is 10.1. The molecule has 9 heteroatoms. The Labute approximate surface area is 162 Å². The van der Waals surface area contributed by atoms with Crippen LogP contribution in [-0.2, 0) is 26.0 Å². The predicted molar refractivity (Wildman–Crippen MR) is 103 cm³/mol. The Hall–Kier alpha value is -3.20. The molecule has 1 aliphatic heterocycles. The summed E-state index contributed by atoms with van der Waals surface area (Å²) >= 11 is 0. The molecule has 1 heterocycles. The van der Waals surface area contributed by atoms with Crippen LogP contribution in [0.2, 0.25) is 0 Å². The van der Waals surface area contributed by atoms with Gasteiger partial charge in [-0.05, 0) is 60.9 Å². The van der Waals surface area contributed by atoms with E-state index < -0.39 is 15.9 Å². The van der Waals surface area contributed by atoms with Crippen LogP contribution in [-0.4, -0.2) is 26.1 Å². The van der Waals surface area contributed by atoms with Crippen LogP contribution in [0, 0.1) is 0 Å². The summed E-state index contributed by atoms with van der Waals surface area (Å²) in [5.74, 6) is -1.07. The second-order valence-corrected chi connectivity index (χ2v) is 8.10. The lowest BCUT2D eigenvalue weighted by atomic mass is 10.0. The first-order chi connectivity index (χ1) is 13.2. The lowest BCUT2D eigenvalue weighted by Crippen LogP contribution is -2.28. The molecule has 8 nitrogen and oxygen atoms in total. The fraction of sp³-hybridized carbons (Fsp3) is 0.211. The number of carbonyl (C=O) groups is 3. The van der Waals surface area contributed by atoms with Gasteiger partial charge in [-0.1, -0.05) is 0 Å². The van der Waals surface area contributed by atoms with E-state index in [1.165, 1.54) is 24.3 Å². The fourth-order valence-electron chi connectivity index (χ4n) is 2.88. The van der Waals surface area contributed by atoms with Crippen LogP contribution >= 0.6 is 0 Å². The zero-order valence-electron chi connectivity index (χ0n) is 15.1. The topological polar surface area (TPSA) is 121 Å². The zero-order chi connectivity index (χ0) is 20.3. The molecule has 3 amide bonds. The quantitative estimate of drug-likeness (QED) is 0.724. The summed E-state index contributed by atoms with van der Waals surface area (Å²) in [5.41, 5.74) is 2.46. The fourth-order valence-corrected chi connectivity index (χ4v) is 3.88. The number of benzene rings is 2. The first kappa shape index (κ1) is 19.6. The van der Waals surface area contributed by atoms with E-state index in [-0.39, 0.29) is 16.7 Å². The highest BCUT2D eigenvalue weighted by Gasteiger charge is 2.17. The molecule has 2 aromatic carbocycles. The van der Waals surface area contributed by atoms with Crippen LogP contribution < -0.4 is 15.4 Å². The Kier molecular flexibility index (Phi) is 5.46. The molecule has 0 aromatic heterocycles. The van der Waals surface area contributed by atoms with Crippen molar-refractivity contribution in [3.05, 3.63) is 53.6 Å². The van der Waals surface area contributed by atoms with Gasteiger partial charge in [0, 0.05) is 30.3 Å². The number of nitrogens with one attached hydrogen (secondary N) is 3. The molecule has 146 valence electrons. The van der Waals surface area contributed by atoms with Gasteiger partial charge in [0.05, 0.1) is 4.90 Å². The van der Waals surface area contributed by atoms with E-state index in [0.29, 0.717) is 36.2 Å². The summed E-state index contributed by atoms with van der Waals surface area (Å²) in [4.78, 5) is 35.0. The van der Waals surface area contributed by atoms with Crippen molar-refractivity contribution in [2.45, 2.75) is 31.1 Å². The Morgan fingerprint density at radius 3 is 2.43 bits per heavy atom. The molecule has 0 spiro atoms. The molecular weight excluding hydrogens is 382 g/mol. The van der Waals surface area contributed by atoms with E-state index >= 15 is 0 Å². The zero-order valence-corrected chi connectivity index (χ0v) is 15.9. The molecule has 0 unspecified atom stereocenters. The third-order valence-electron chi connectivity index (χ3n) is 4.19. The molecule has 0 saturated heterocycles. The van der Waals surface area contributed by atoms with E-state index in [2.05, 4.69) is 10.6 Å². The second kappa shape index (κ2) is 7.81. The number of anilines is 2. The maximum atomic E-state index is 12.5. The van der Waals surface area contributed by atoms with Crippen molar-refractivity contribution in [3.8, 4) is 0 Å². The average molecular weight is 401 g/mol. The van der Waals surface area contributed by atoms with Crippen molar-refractivity contribution in [3.63, 3.8) is 0 Å². The third-order valence-corrected chi connectivity index (χ3v) is 5.64. The van der Waals surface area contributed by atoms with Crippen molar-refractivity contribution in [2.75, 3.05) is 10.6 Å². The number of amides is 3. The summed E-state index contributed by atoms with van der Waals surface area (Å²) in [6.45, 7) is 1.11. The van der Waals surface area contributed by atoms with Gasteiger partial charge in [-0.2, -0.15) is 0 Å². The number of carbonyl (C=O) groups excluding carboxylic acids is 3. The highest BCUT2D eigenvalue weighted by Crippen LogP contribution is 2.24. The van der Waals surface area contributed by atoms with Crippen LogP contribution in [0.5, 0.6) is 0 Å². The molecule has 0 saturated carbocycles. The largest absolute Gasteiger partial charge is 0.326 e. The molecule has 0 aliphatic carbocycles. The summed E-state index contributed by atoms with van der Waals surface area (Å²) < 4.78 is 25.7. The van der Waals surface area contributed by atoms with E-state index in [0.717, 1.165) is 12.5 Å². The number of sulfonamides is 1. The van der Waals surface area contributed by atoms with Crippen molar-refractivity contribution in [2.24, 2.45) is 0 Å². The molecule has 3 rings (SSSR count). The number of aryl methyl sites for hydroxylation is 1. The maximum Gasteiger partial charge on any atom is 0.264 e. The molecule has 0 bridgehead atoms. The van der Waals surface area contributed by atoms with Gasteiger partial charge in [-0.3, -0.25) is 14.4 Å². The Morgan fingerprint density at radius 1 is 1.04 bits per heavy atom. The minimum atomic E-state index is -3.92. The van der Waals surface area contributed by atoms with Gasteiger partial charge in [-0.25, -0.2) is 13.1 Å². The smallest absolute Gasteiger partial charge is 0.264 e. The monoisotopic (exact) mass is 401 g/mol. The SMILES string of the molecule is CC(=O)NS(=O)(=O)c1ccc(NC(=O)c2ccc3c(c2)CCCC(=O)N3)cc1. The highest BCUT2D eigenvalue weighted by molar-refractivity contribution is 7.90. The van der Waals surface area contributed by atoms with Crippen LogP contribution in [0.4, 0.5) is 11.4 Å². The van der Waals surface area contributed by atoms with Crippen LogP contribution in [0.25, 0.3) is 0 Å². The summed E-state index contributed by atoms with van der Waals surface area (Å²) in [6.07, 6.45) is 1.86. The van der Waals surface area contributed by atoms with E-state index in [9.17, 15) is 22.8 Å². The van der Waals surface area contributed by atoms with Gasteiger partial charge in [0.25, 0.3) is 15.9 Å². The Morgan fingerprint density at radius 2 is 1.75 bits per heavy atom. The summed E-state index contributed by atoms with van der Waals surface area (Å²) in [7, 11) is -3.92. The van der Waals surface area contributed by atoms with Crippen LogP contribution in [0.1, 0.15) is 35.7 Å². The molecule has 0 fully saturated rings. The Bertz CT molecular complexity index is 1050. The van der Waals surface area contributed by atoms with E-state index in [4.69, 9.17) is 0 Å². The minimum absolute atomic E-state index is 0.0368. The first-order valence-electron chi connectivity index (χ1n) is 8.62. The molecule has 0 radical (unpaired) electrons. The number of hydrogen-bond donors (Lipinski definition) is 3. The van der Waals surface area contributed by atoms with Gasteiger partial charge in [0.15, 0.2) is 0 Å². The Balaban J connectivity index is 1.74. The summed E-state index contributed by atoms with van der Waals surface area (Å²) in [6, 6.07) is 10.5. The van der Waals surface area contributed by atoms with Gasteiger partial charge in [0.1, 0.15) is 0 Å². The highest BCUT2D eigenvalue weighted by atomic mass is 32.2. The predicted octanol–water partition coefficient (Wildman–Crippen LogP) is 2.04. The lowest BCUT2D eigenvalue weighted by Gasteiger charge is -2.10. The van der Waals surface area contributed by atoms with Gasteiger partial charge < -0.3 is 10.6 Å². The third kappa shape index (κ3) is 4.55. The average Bonchev–Trinajstić information content (AvgIpc) is 2.81. The number of rotatable bonds is 4. The van der Waals surface area contributed by atoms with Crippen LogP contribution in [0.15, 0.2) is 47.4 Å². The lowest BCUT2D eigenvalue weighted by molar-refractivity contribution is -0.117. The van der Waals surface area contributed by atoms with Gasteiger partial charge in [0.2, 0.25) is 11.8 Å². The van der Waals surface area contributed by atoms with Crippen molar-refractivity contribution < 1.29 is 22.8 Å². The van der Waals surface area contributed by atoms with Gasteiger partial charge in [-0.15, -0.1) is 0 Å². The maximum absolute atomic E-state index is 12.5.